The van der Waals surface area contributed by atoms with Crippen LogP contribution in [-0.4, -0.2) is 65.2 Å². The van der Waals surface area contributed by atoms with Gasteiger partial charge in [0.25, 0.3) is 36.3 Å². The summed E-state index contributed by atoms with van der Waals surface area (Å²) in [5, 5.41) is 60.9. The SMILES string of the molecule is O=C(Nc1ccc2c(O)c(N=Nc3ccc(-c4ccc(N=Nc5c(O)ccc6cc(S(=O)(=O)O)cc(S(=O)(=O)O)c56)c(O)c4)cc3O)c(S(=O)(=O)O)cc2c1)c1ccccc1. The van der Waals surface area contributed by atoms with E-state index in [9.17, 15) is 64.1 Å². The van der Waals surface area contributed by atoms with Gasteiger partial charge in [-0.3, -0.25) is 18.5 Å². The molecule has 7 rings (SSSR count). The summed E-state index contributed by atoms with van der Waals surface area (Å²) in [7, 11) is -15.1. The van der Waals surface area contributed by atoms with Gasteiger partial charge in [0.2, 0.25) is 0 Å². The van der Waals surface area contributed by atoms with E-state index in [0.717, 1.165) is 24.3 Å². The Balaban J connectivity index is 1.16. The van der Waals surface area contributed by atoms with E-state index in [-0.39, 0.29) is 33.2 Å². The number of nitrogens with one attached hydrogen (secondary N) is 1. The van der Waals surface area contributed by atoms with Crippen molar-refractivity contribution >= 4 is 86.2 Å². The average molecular weight is 886 g/mol. The third kappa shape index (κ3) is 8.70. The van der Waals surface area contributed by atoms with Crippen LogP contribution in [0.2, 0.25) is 0 Å². The molecule has 0 saturated heterocycles. The molecule has 19 nitrogen and oxygen atoms in total. The van der Waals surface area contributed by atoms with E-state index in [1.165, 1.54) is 54.6 Å². The van der Waals surface area contributed by atoms with E-state index in [0.29, 0.717) is 22.8 Å². The molecule has 0 spiro atoms. The van der Waals surface area contributed by atoms with Gasteiger partial charge >= 0.3 is 0 Å². The van der Waals surface area contributed by atoms with Crippen LogP contribution in [0.25, 0.3) is 32.7 Å². The Morgan fingerprint density at radius 3 is 1.66 bits per heavy atom. The third-order valence-corrected chi connectivity index (χ3v) is 11.6. The molecule has 8 N–H and O–H groups in total. The number of rotatable bonds is 10. The number of aromatic hydroxyl groups is 4. The largest absolute Gasteiger partial charge is 0.506 e. The van der Waals surface area contributed by atoms with Crippen molar-refractivity contribution in [2.75, 3.05) is 5.32 Å². The standard InChI is InChI=1S/C39H27N5O14S3/c45-30-13-8-23-15-26(59(50,51)52)19-33(60(53,54)55)35(23)36(30)43-41-28-11-6-21(16-31(28)46)22-7-12-29(32(47)17-22)42-44-37-34(61(56,57)58)18-24-14-25(9-10-27(24)38(37)48)40-39(49)20-4-2-1-3-5-20/h1-19,45-48H,(H,40,49)(H,50,51,52)(H,53,54,55)(H,56,57,58). The van der Waals surface area contributed by atoms with Gasteiger partial charge < -0.3 is 25.7 Å². The van der Waals surface area contributed by atoms with E-state index in [2.05, 4.69) is 25.8 Å². The second kappa shape index (κ2) is 15.7. The Hall–Kier alpha value is -7.34. The number of azo groups is 2. The fourth-order valence-electron chi connectivity index (χ4n) is 6.12. The summed E-state index contributed by atoms with van der Waals surface area (Å²) in [5.74, 6) is -2.76. The first-order valence-corrected chi connectivity index (χ1v) is 21.4. The minimum atomic E-state index is -5.16. The first kappa shape index (κ1) is 41.8. The number of fused-ring (bicyclic) bond motifs is 2. The highest BCUT2D eigenvalue weighted by Crippen LogP contribution is 2.45. The van der Waals surface area contributed by atoms with Crippen molar-refractivity contribution in [3.8, 4) is 34.1 Å². The highest BCUT2D eigenvalue weighted by atomic mass is 32.2. The zero-order valence-corrected chi connectivity index (χ0v) is 32.9. The molecule has 0 bridgehead atoms. The molecule has 310 valence electrons. The molecule has 0 fully saturated rings. The van der Waals surface area contributed by atoms with Crippen molar-refractivity contribution in [3.63, 3.8) is 0 Å². The lowest BCUT2D eigenvalue weighted by Gasteiger charge is -2.11. The maximum atomic E-state index is 12.6. The summed E-state index contributed by atoms with van der Waals surface area (Å²) in [5.41, 5.74) is -0.386. The number of amides is 1. The molecule has 7 aromatic rings. The molecule has 1 amide bonds. The lowest BCUT2D eigenvalue weighted by molar-refractivity contribution is 0.102. The Morgan fingerprint density at radius 1 is 0.508 bits per heavy atom. The van der Waals surface area contributed by atoms with Crippen LogP contribution in [0.15, 0.2) is 150 Å². The number of carbonyl (C=O) groups is 1. The van der Waals surface area contributed by atoms with Crippen LogP contribution in [0.4, 0.5) is 28.4 Å². The summed E-state index contributed by atoms with van der Waals surface area (Å²) >= 11 is 0. The maximum absolute atomic E-state index is 12.6. The molecule has 0 atom stereocenters. The van der Waals surface area contributed by atoms with Gasteiger partial charge in [0.15, 0.2) is 5.75 Å². The number of hydrogen-bond acceptors (Lipinski definition) is 15. The Labute approximate surface area is 344 Å². The summed E-state index contributed by atoms with van der Waals surface area (Å²) in [6.07, 6.45) is 0. The maximum Gasteiger partial charge on any atom is 0.296 e. The van der Waals surface area contributed by atoms with Gasteiger partial charge in [0.05, 0.1) is 4.90 Å². The lowest BCUT2D eigenvalue weighted by atomic mass is 10.0. The second-order valence-corrected chi connectivity index (χ2v) is 17.2. The molecule has 61 heavy (non-hydrogen) atoms. The summed E-state index contributed by atoms with van der Waals surface area (Å²) < 4.78 is 102. The third-order valence-electron chi connectivity index (χ3n) is 9.00. The van der Waals surface area contributed by atoms with Crippen LogP contribution in [-0.2, 0) is 30.4 Å². The monoisotopic (exact) mass is 885 g/mol. The Morgan fingerprint density at radius 2 is 1.10 bits per heavy atom. The van der Waals surface area contributed by atoms with Gasteiger partial charge in [0.1, 0.15) is 49.8 Å². The number of benzene rings is 7. The van der Waals surface area contributed by atoms with Crippen molar-refractivity contribution in [1.29, 1.82) is 0 Å². The van der Waals surface area contributed by atoms with E-state index < -0.39 is 90.7 Å². The fraction of sp³-hybridized carbons (Fsp3) is 0. The highest BCUT2D eigenvalue weighted by molar-refractivity contribution is 7.87. The van der Waals surface area contributed by atoms with Crippen molar-refractivity contribution in [3.05, 3.63) is 121 Å². The molecule has 0 aromatic heterocycles. The molecule has 0 aliphatic carbocycles. The number of carbonyl (C=O) groups excluding carboxylic acids is 1. The number of hydrogen-bond donors (Lipinski definition) is 8. The quantitative estimate of drug-likeness (QED) is 0.0473. The lowest BCUT2D eigenvalue weighted by Crippen LogP contribution is -2.11. The topological polar surface area (TPSA) is 323 Å². The van der Waals surface area contributed by atoms with Crippen molar-refractivity contribution in [2.45, 2.75) is 14.7 Å². The molecule has 0 unspecified atom stereocenters. The van der Waals surface area contributed by atoms with Crippen LogP contribution in [0, 0.1) is 0 Å². The average Bonchev–Trinajstić information content (AvgIpc) is 3.19. The Bertz CT molecular complexity index is 3380. The Kier molecular flexibility index (Phi) is 10.7. The first-order chi connectivity index (χ1) is 28.7. The number of phenolic OH excluding ortho intramolecular Hbond substituents is 4. The van der Waals surface area contributed by atoms with Gasteiger partial charge in [-0.2, -0.15) is 25.3 Å². The van der Waals surface area contributed by atoms with E-state index >= 15 is 0 Å². The molecule has 22 heteroatoms. The minimum Gasteiger partial charge on any atom is -0.506 e. The number of anilines is 1. The molecule has 0 aliphatic heterocycles. The fourth-order valence-corrected chi connectivity index (χ4v) is 8.15. The van der Waals surface area contributed by atoms with Gasteiger partial charge in [0, 0.05) is 22.0 Å². The van der Waals surface area contributed by atoms with E-state index in [4.69, 9.17) is 0 Å². The van der Waals surface area contributed by atoms with Crippen LogP contribution >= 0.6 is 0 Å². The van der Waals surface area contributed by atoms with Crippen molar-refractivity contribution in [2.24, 2.45) is 20.5 Å². The molecule has 7 aromatic carbocycles. The van der Waals surface area contributed by atoms with Gasteiger partial charge in [-0.25, -0.2) is 0 Å². The van der Waals surface area contributed by atoms with Crippen molar-refractivity contribution < 1.29 is 64.1 Å². The highest BCUT2D eigenvalue weighted by Gasteiger charge is 2.25. The second-order valence-electron chi connectivity index (χ2n) is 13.0. The smallest absolute Gasteiger partial charge is 0.296 e. The number of nitrogens with zero attached hydrogens (tertiary/aromatic N) is 4. The predicted octanol–water partition coefficient (Wildman–Crippen LogP) is 8.31. The normalized spacial score (nSPS) is 12.4. The van der Waals surface area contributed by atoms with Gasteiger partial charge in [-0.1, -0.05) is 36.4 Å². The minimum absolute atomic E-state index is 0.0902. The molecule has 0 aliphatic rings. The zero-order valence-electron chi connectivity index (χ0n) is 30.5. The van der Waals surface area contributed by atoms with Crippen LogP contribution in [0.1, 0.15) is 10.4 Å². The molecule has 0 radical (unpaired) electrons. The van der Waals surface area contributed by atoms with E-state index in [1.807, 2.05) is 0 Å². The van der Waals surface area contributed by atoms with E-state index in [1.54, 1.807) is 30.3 Å². The predicted molar refractivity (Wildman–Crippen MR) is 219 cm³/mol. The first-order valence-electron chi connectivity index (χ1n) is 17.1. The summed E-state index contributed by atoms with van der Waals surface area (Å²) in [4.78, 5) is 9.94. The van der Waals surface area contributed by atoms with Crippen LogP contribution in [0.3, 0.4) is 0 Å². The van der Waals surface area contributed by atoms with Crippen molar-refractivity contribution in [1.82, 2.24) is 0 Å². The number of phenols is 4. The molecular weight excluding hydrogens is 859 g/mol. The molecule has 0 saturated carbocycles. The van der Waals surface area contributed by atoms with Crippen LogP contribution < -0.4 is 5.32 Å². The molecular formula is C39H27N5O14S3. The summed E-state index contributed by atoms with van der Waals surface area (Å²) in [6.45, 7) is 0. The summed E-state index contributed by atoms with van der Waals surface area (Å²) in [6, 6.07) is 24.8. The van der Waals surface area contributed by atoms with Gasteiger partial charge in [-0.15, -0.1) is 20.5 Å². The zero-order chi connectivity index (χ0) is 44.0. The van der Waals surface area contributed by atoms with Crippen LogP contribution in [0.5, 0.6) is 23.0 Å². The molecule has 0 heterocycles. The van der Waals surface area contributed by atoms with Gasteiger partial charge in [-0.05, 0) is 101 Å².